The molecule has 4 nitrogen and oxygen atoms in total. The van der Waals surface area contributed by atoms with Crippen LogP contribution in [0.3, 0.4) is 0 Å². The van der Waals surface area contributed by atoms with E-state index in [0.717, 1.165) is 25.2 Å². The van der Waals surface area contributed by atoms with Gasteiger partial charge in [0.15, 0.2) is 5.96 Å². The molecule has 0 aromatic rings. The van der Waals surface area contributed by atoms with E-state index in [2.05, 4.69) is 6.58 Å². The molecule has 0 spiro atoms. The summed E-state index contributed by atoms with van der Waals surface area (Å²) in [5.41, 5.74) is 5.56. The zero-order valence-corrected chi connectivity index (χ0v) is 15.7. The third kappa shape index (κ3) is 4.27. The first-order valence-corrected chi connectivity index (χ1v) is 10.4. The number of hydrogen-bond acceptors (Lipinski definition) is 3. The maximum atomic E-state index is 13.3. The Morgan fingerprint density at radius 1 is 1.08 bits per heavy atom. The van der Waals surface area contributed by atoms with Crippen molar-refractivity contribution < 1.29 is 4.79 Å². The van der Waals surface area contributed by atoms with E-state index in [-0.39, 0.29) is 5.91 Å². The first kappa shape index (κ1) is 18.5. The van der Waals surface area contributed by atoms with Gasteiger partial charge in [-0.05, 0) is 31.1 Å². The fraction of sp³-hybridized carbons (Fsp3) is 0.810. The lowest BCUT2D eigenvalue weighted by Crippen LogP contribution is -2.45. The highest BCUT2D eigenvalue weighted by Gasteiger charge is 2.48. The Balaban J connectivity index is 1.73. The van der Waals surface area contributed by atoms with Crippen LogP contribution in [0.1, 0.15) is 83.5 Å². The van der Waals surface area contributed by atoms with Gasteiger partial charge in [0.1, 0.15) is 5.54 Å². The van der Waals surface area contributed by atoms with Gasteiger partial charge >= 0.3 is 0 Å². The molecule has 3 aliphatic rings. The average molecular weight is 346 g/mol. The normalized spacial score (nSPS) is 29.0. The first-order valence-electron chi connectivity index (χ1n) is 10.4. The Morgan fingerprint density at radius 3 is 2.28 bits per heavy atom. The molecule has 2 fully saturated rings. The number of carbonyl (C=O) groups excluding carboxylic acids is 1. The van der Waals surface area contributed by atoms with Crippen molar-refractivity contribution in [3.8, 4) is 0 Å². The lowest BCUT2D eigenvalue weighted by Gasteiger charge is -2.33. The van der Waals surface area contributed by atoms with Gasteiger partial charge in [-0.2, -0.15) is 0 Å². The highest BCUT2D eigenvalue weighted by Crippen LogP contribution is 2.40. The van der Waals surface area contributed by atoms with Crippen LogP contribution in [0, 0.1) is 11.8 Å². The van der Waals surface area contributed by atoms with E-state index in [1.807, 2.05) is 0 Å². The summed E-state index contributed by atoms with van der Waals surface area (Å²) in [7, 11) is 0. The maximum Gasteiger partial charge on any atom is 0.257 e. The molecule has 0 bridgehead atoms. The molecule has 0 aromatic carbocycles. The molecule has 2 saturated carbocycles. The highest BCUT2D eigenvalue weighted by molar-refractivity contribution is 6.06. The van der Waals surface area contributed by atoms with Crippen LogP contribution in [0.15, 0.2) is 17.6 Å². The summed E-state index contributed by atoms with van der Waals surface area (Å²) in [6, 6.07) is 0. The van der Waals surface area contributed by atoms with Crippen molar-refractivity contribution in [1.29, 1.82) is 0 Å². The lowest BCUT2D eigenvalue weighted by atomic mass is 9.75. The van der Waals surface area contributed by atoms with Crippen molar-refractivity contribution in [2.45, 2.75) is 89.0 Å². The van der Waals surface area contributed by atoms with E-state index in [9.17, 15) is 4.79 Å². The van der Waals surface area contributed by atoms with Gasteiger partial charge in [-0.25, -0.2) is 4.99 Å². The van der Waals surface area contributed by atoms with E-state index in [0.29, 0.717) is 18.4 Å². The van der Waals surface area contributed by atoms with Crippen molar-refractivity contribution in [3.05, 3.63) is 12.7 Å². The molecule has 0 radical (unpaired) electrons. The third-order valence-corrected chi connectivity index (χ3v) is 6.60. The standard InChI is InChI=1S/C21H35N3O/c1-2-15-24-19(25)21(23-20(24)22,16-18-11-7-4-8-12-18)14-13-17-9-5-3-6-10-17/h2,17-18H,1,3-16H2,(H2,22,23)/t21-/m1/s1. The molecule has 3 rings (SSSR count). The van der Waals surface area contributed by atoms with Gasteiger partial charge in [0.2, 0.25) is 0 Å². The number of guanidine groups is 1. The second kappa shape index (κ2) is 8.37. The summed E-state index contributed by atoms with van der Waals surface area (Å²) in [4.78, 5) is 19.7. The Kier molecular flexibility index (Phi) is 6.19. The van der Waals surface area contributed by atoms with E-state index in [4.69, 9.17) is 10.7 Å². The topological polar surface area (TPSA) is 58.7 Å². The SMILES string of the molecule is C=CCN1C(=O)[C@@](CCC2CCCCC2)(CC2CCCCC2)N=C1N. The molecule has 4 heteroatoms. The van der Waals surface area contributed by atoms with Gasteiger partial charge in [0.25, 0.3) is 5.91 Å². The molecule has 0 unspecified atom stereocenters. The zero-order chi connectivity index (χ0) is 17.7. The molecule has 1 aliphatic heterocycles. The number of carbonyl (C=O) groups is 1. The summed E-state index contributed by atoms with van der Waals surface area (Å²) < 4.78 is 0. The number of aliphatic imine (C=N–C) groups is 1. The fourth-order valence-electron chi connectivity index (χ4n) is 5.17. The molecule has 2 aliphatic carbocycles. The summed E-state index contributed by atoms with van der Waals surface area (Å²) in [5, 5.41) is 0. The minimum absolute atomic E-state index is 0.131. The Morgan fingerprint density at radius 2 is 1.68 bits per heavy atom. The van der Waals surface area contributed by atoms with Gasteiger partial charge in [-0.1, -0.05) is 70.3 Å². The monoisotopic (exact) mass is 345 g/mol. The predicted molar refractivity (Wildman–Crippen MR) is 103 cm³/mol. The first-order chi connectivity index (χ1) is 12.1. The van der Waals surface area contributed by atoms with Gasteiger partial charge in [-0.15, -0.1) is 6.58 Å². The molecule has 2 N–H and O–H groups in total. The number of amides is 1. The van der Waals surface area contributed by atoms with Crippen molar-refractivity contribution >= 4 is 11.9 Å². The smallest absolute Gasteiger partial charge is 0.257 e. The summed E-state index contributed by atoms with van der Waals surface area (Å²) in [5.74, 6) is 1.94. The molecule has 0 aromatic heterocycles. The lowest BCUT2D eigenvalue weighted by molar-refractivity contribution is -0.132. The van der Waals surface area contributed by atoms with Crippen LogP contribution in [-0.2, 0) is 4.79 Å². The summed E-state index contributed by atoms with van der Waals surface area (Å²) >= 11 is 0. The fourth-order valence-corrected chi connectivity index (χ4v) is 5.17. The molecule has 1 amide bonds. The second-order valence-corrected chi connectivity index (χ2v) is 8.46. The number of rotatable bonds is 7. The van der Waals surface area contributed by atoms with Crippen molar-refractivity contribution in [1.82, 2.24) is 4.90 Å². The number of nitrogens with two attached hydrogens (primary N) is 1. The Bertz CT molecular complexity index is 503. The van der Waals surface area contributed by atoms with Crippen molar-refractivity contribution in [3.63, 3.8) is 0 Å². The highest BCUT2D eigenvalue weighted by atomic mass is 16.2. The minimum Gasteiger partial charge on any atom is -0.369 e. The van der Waals surface area contributed by atoms with Crippen LogP contribution in [0.25, 0.3) is 0 Å². The largest absolute Gasteiger partial charge is 0.369 e. The summed E-state index contributed by atoms with van der Waals surface area (Å²) in [6.45, 7) is 4.25. The summed E-state index contributed by atoms with van der Waals surface area (Å²) in [6.07, 6.45) is 17.8. The van der Waals surface area contributed by atoms with Gasteiger partial charge in [-0.3, -0.25) is 9.69 Å². The zero-order valence-electron chi connectivity index (χ0n) is 15.7. The molecule has 0 saturated heterocycles. The second-order valence-electron chi connectivity index (χ2n) is 8.46. The number of hydrogen-bond donors (Lipinski definition) is 1. The predicted octanol–water partition coefficient (Wildman–Crippen LogP) is 4.40. The third-order valence-electron chi connectivity index (χ3n) is 6.60. The van der Waals surface area contributed by atoms with Crippen LogP contribution in [0.4, 0.5) is 0 Å². The van der Waals surface area contributed by atoms with Crippen LogP contribution in [0.5, 0.6) is 0 Å². The maximum absolute atomic E-state index is 13.3. The van der Waals surface area contributed by atoms with E-state index in [1.54, 1.807) is 11.0 Å². The van der Waals surface area contributed by atoms with E-state index >= 15 is 0 Å². The molecule has 1 heterocycles. The van der Waals surface area contributed by atoms with E-state index in [1.165, 1.54) is 64.2 Å². The molecular weight excluding hydrogens is 310 g/mol. The minimum atomic E-state index is -0.591. The van der Waals surface area contributed by atoms with Gasteiger partial charge in [0, 0.05) is 6.54 Å². The van der Waals surface area contributed by atoms with Crippen molar-refractivity contribution in [2.24, 2.45) is 22.6 Å². The van der Waals surface area contributed by atoms with Crippen LogP contribution in [0.2, 0.25) is 0 Å². The molecule has 140 valence electrons. The Hall–Kier alpha value is -1.32. The average Bonchev–Trinajstić information content (AvgIpc) is 2.87. The Labute approximate surface area is 152 Å². The van der Waals surface area contributed by atoms with Crippen LogP contribution >= 0.6 is 0 Å². The van der Waals surface area contributed by atoms with Crippen LogP contribution < -0.4 is 5.73 Å². The number of nitrogens with zero attached hydrogens (tertiary/aromatic N) is 2. The quantitative estimate of drug-likeness (QED) is 0.695. The molecular formula is C21H35N3O. The molecule has 1 atom stereocenters. The van der Waals surface area contributed by atoms with E-state index < -0.39 is 5.54 Å². The van der Waals surface area contributed by atoms with Gasteiger partial charge in [0.05, 0.1) is 0 Å². The van der Waals surface area contributed by atoms with Crippen molar-refractivity contribution in [2.75, 3.05) is 6.54 Å². The molecule has 25 heavy (non-hydrogen) atoms. The van der Waals surface area contributed by atoms with Gasteiger partial charge < -0.3 is 5.73 Å². The van der Waals surface area contributed by atoms with Crippen LogP contribution in [-0.4, -0.2) is 28.9 Å².